The number of ether oxygens (including phenoxy) is 2. The molecule has 0 unspecified atom stereocenters. The van der Waals surface area contributed by atoms with E-state index in [0.717, 1.165) is 0 Å². The SMILES string of the molecule is CCOc1ccc(NC(=O)COC(=O)c2cccc3nccnc23)cc1. The van der Waals surface area contributed by atoms with Crippen LogP contribution in [-0.2, 0) is 9.53 Å². The van der Waals surface area contributed by atoms with Crippen LogP contribution in [0.4, 0.5) is 5.69 Å². The molecule has 132 valence electrons. The predicted molar refractivity (Wildman–Crippen MR) is 96.1 cm³/mol. The highest BCUT2D eigenvalue weighted by Gasteiger charge is 2.14. The third-order valence-corrected chi connectivity index (χ3v) is 3.50. The second kappa shape index (κ2) is 8.06. The van der Waals surface area contributed by atoms with Gasteiger partial charge >= 0.3 is 5.97 Å². The fourth-order valence-corrected chi connectivity index (χ4v) is 2.36. The Labute approximate surface area is 150 Å². The summed E-state index contributed by atoms with van der Waals surface area (Å²) in [5, 5.41) is 2.66. The number of anilines is 1. The lowest BCUT2D eigenvalue weighted by Gasteiger charge is -2.08. The molecule has 0 saturated carbocycles. The van der Waals surface area contributed by atoms with E-state index in [1.165, 1.54) is 6.20 Å². The minimum atomic E-state index is -0.627. The quantitative estimate of drug-likeness (QED) is 0.687. The molecule has 0 bridgehead atoms. The summed E-state index contributed by atoms with van der Waals surface area (Å²) >= 11 is 0. The highest BCUT2D eigenvalue weighted by molar-refractivity contribution is 6.02. The molecule has 1 aromatic heterocycles. The van der Waals surface area contributed by atoms with Gasteiger partial charge in [0.05, 0.1) is 17.7 Å². The molecule has 0 saturated heterocycles. The number of hydrogen-bond donors (Lipinski definition) is 1. The molecule has 0 aliphatic rings. The molecule has 0 atom stereocenters. The number of esters is 1. The van der Waals surface area contributed by atoms with E-state index in [4.69, 9.17) is 9.47 Å². The Kier molecular flexibility index (Phi) is 5.38. The lowest BCUT2D eigenvalue weighted by Crippen LogP contribution is -2.21. The lowest BCUT2D eigenvalue weighted by molar-refractivity contribution is -0.119. The topological polar surface area (TPSA) is 90.4 Å². The van der Waals surface area contributed by atoms with Crippen LogP contribution >= 0.6 is 0 Å². The van der Waals surface area contributed by atoms with Gasteiger partial charge in [-0.1, -0.05) is 6.07 Å². The Morgan fingerprint density at radius 1 is 1.04 bits per heavy atom. The number of carbonyl (C=O) groups excluding carboxylic acids is 2. The van der Waals surface area contributed by atoms with Gasteiger partial charge in [0.2, 0.25) is 0 Å². The molecular weight excluding hydrogens is 334 g/mol. The van der Waals surface area contributed by atoms with Crippen molar-refractivity contribution in [3.05, 3.63) is 60.4 Å². The van der Waals surface area contributed by atoms with Crippen LogP contribution in [-0.4, -0.2) is 35.1 Å². The summed E-state index contributed by atoms with van der Waals surface area (Å²) in [7, 11) is 0. The van der Waals surface area contributed by atoms with Gasteiger partial charge in [0.15, 0.2) is 6.61 Å². The highest BCUT2D eigenvalue weighted by Crippen LogP contribution is 2.16. The van der Waals surface area contributed by atoms with Crippen molar-refractivity contribution in [2.75, 3.05) is 18.5 Å². The maximum atomic E-state index is 12.2. The molecular formula is C19H17N3O4. The molecule has 7 nitrogen and oxygen atoms in total. The van der Waals surface area contributed by atoms with Gasteiger partial charge < -0.3 is 14.8 Å². The summed E-state index contributed by atoms with van der Waals surface area (Å²) in [5.74, 6) is -0.347. The Hall–Kier alpha value is -3.48. The van der Waals surface area contributed by atoms with Crippen LogP contribution in [0.15, 0.2) is 54.9 Å². The average Bonchev–Trinajstić information content (AvgIpc) is 2.67. The second-order valence-corrected chi connectivity index (χ2v) is 5.31. The Morgan fingerprint density at radius 3 is 2.58 bits per heavy atom. The second-order valence-electron chi connectivity index (χ2n) is 5.31. The number of carbonyl (C=O) groups is 2. The van der Waals surface area contributed by atoms with Crippen molar-refractivity contribution in [3.63, 3.8) is 0 Å². The Morgan fingerprint density at radius 2 is 1.81 bits per heavy atom. The predicted octanol–water partition coefficient (Wildman–Crippen LogP) is 2.82. The van der Waals surface area contributed by atoms with Gasteiger partial charge in [0.25, 0.3) is 5.91 Å². The largest absolute Gasteiger partial charge is 0.494 e. The fourth-order valence-electron chi connectivity index (χ4n) is 2.36. The number of hydrogen-bond acceptors (Lipinski definition) is 6. The van der Waals surface area contributed by atoms with Crippen LogP contribution in [0.5, 0.6) is 5.75 Å². The monoisotopic (exact) mass is 351 g/mol. The molecule has 1 N–H and O–H groups in total. The molecule has 3 aromatic rings. The zero-order chi connectivity index (χ0) is 18.4. The van der Waals surface area contributed by atoms with E-state index in [9.17, 15) is 9.59 Å². The van der Waals surface area contributed by atoms with E-state index >= 15 is 0 Å². The van der Waals surface area contributed by atoms with Crippen molar-refractivity contribution in [3.8, 4) is 5.75 Å². The van der Waals surface area contributed by atoms with Gasteiger partial charge in [-0.05, 0) is 43.3 Å². The number of benzene rings is 2. The van der Waals surface area contributed by atoms with Crippen molar-refractivity contribution in [1.29, 1.82) is 0 Å². The first kappa shape index (κ1) is 17.3. The van der Waals surface area contributed by atoms with Gasteiger partial charge in [0.1, 0.15) is 11.3 Å². The highest BCUT2D eigenvalue weighted by atomic mass is 16.5. The first-order chi connectivity index (χ1) is 12.7. The molecule has 1 amide bonds. The zero-order valence-corrected chi connectivity index (χ0v) is 14.1. The Balaban J connectivity index is 1.59. The average molecular weight is 351 g/mol. The van der Waals surface area contributed by atoms with Crippen molar-refractivity contribution < 1.29 is 19.1 Å². The maximum Gasteiger partial charge on any atom is 0.340 e. The number of nitrogens with zero attached hydrogens (tertiary/aromatic N) is 2. The van der Waals surface area contributed by atoms with Crippen molar-refractivity contribution >= 4 is 28.6 Å². The van der Waals surface area contributed by atoms with E-state index < -0.39 is 18.5 Å². The van der Waals surface area contributed by atoms with Crippen LogP contribution in [0, 0.1) is 0 Å². The fraction of sp³-hybridized carbons (Fsp3) is 0.158. The summed E-state index contributed by atoms with van der Waals surface area (Å²) in [4.78, 5) is 32.5. The van der Waals surface area contributed by atoms with E-state index in [1.54, 1.807) is 48.7 Å². The third kappa shape index (κ3) is 4.13. The summed E-state index contributed by atoms with van der Waals surface area (Å²) in [6.45, 7) is 2.06. The van der Waals surface area contributed by atoms with Crippen molar-refractivity contribution in [1.82, 2.24) is 9.97 Å². The summed E-state index contributed by atoms with van der Waals surface area (Å²) in [5.41, 5.74) is 1.88. The zero-order valence-electron chi connectivity index (χ0n) is 14.1. The first-order valence-corrected chi connectivity index (χ1v) is 8.07. The number of amides is 1. The minimum absolute atomic E-state index is 0.268. The number of para-hydroxylation sites is 1. The van der Waals surface area contributed by atoms with Crippen LogP contribution in [0.25, 0.3) is 11.0 Å². The summed E-state index contributed by atoms with van der Waals surface area (Å²) in [6, 6.07) is 11.9. The van der Waals surface area contributed by atoms with E-state index in [-0.39, 0.29) is 5.56 Å². The summed E-state index contributed by atoms with van der Waals surface area (Å²) < 4.78 is 10.4. The normalized spacial score (nSPS) is 10.3. The number of rotatable bonds is 6. The van der Waals surface area contributed by atoms with Gasteiger partial charge in [-0.25, -0.2) is 4.79 Å². The van der Waals surface area contributed by atoms with Crippen LogP contribution in [0.3, 0.4) is 0 Å². The smallest absolute Gasteiger partial charge is 0.340 e. The maximum absolute atomic E-state index is 12.2. The number of aromatic nitrogens is 2. The molecule has 0 aliphatic carbocycles. The molecule has 0 aliphatic heterocycles. The molecule has 1 heterocycles. The molecule has 26 heavy (non-hydrogen) atoms. The molecule has 3 rings (SSSR count). The molecule has 0 radical (unpaired) electrons. The standard InChI is InChI=1S/C19H17N3O4/c1-2-25-14-8-6-13(7-9-14)22-17(23)12-26-19(24)15-4-3-5-16-18(15)21-11-10-20-16/h3-11H,2,12H2,1H3,(H,22,23). The van der Waals surface area contributed by atoms with Crippen LogP contribution in [0.1, 0.15) is 17.3 Å². The molecule has 7 heteroatoms. The first-order valence-electron chi connectivity index (χ1n) is 8.07. The minimum Gasteiger partial charge on any atom is -0.494 e. The van der Waals surface area contributed by atoms with Crippen LogP contribution < -0.4 is 10.1 Å². The molecule has 0 fully saturated rings. The van der Waals surface area contributed by atoms with Crippen LogP contribution in [0.2, 0.25) is 0 Å². The lowest BCUT2D eigenvalue weighted by atomic mass is 10.2. The molecule has 2 aromatic carbocycles. The van der Waals surface area contributed by atoms with Gasteiger partial charge in [-0.15, -0.1) is 0 Å². The van der Waals surface area contributed by atoms with Crippen molar-refractivity contribution in [2.45, 2.75) is 6.92 Å². The third-order valence-electron chi connectivity index (χ3n) is 3.50. The Bertz CT molecular complexity index is 920. The van der Waals surface area contributed by atoms with Gasteiger partial charge in [-0.2, -0.15) is 0 Å². The van der Waals surface area contributed by atoms with Gasteiger partial charge in [-0.3, -0.25) is 14.8 Å². The number of fused-ring (bicyclic) bond motifs is 1. The molecule has 0 spiro atoms. The van der Waals surface area contributed by atoms with Crippen molar-refractivity contribution in [2.24, 2.45) is 0 Å². The van der Waals surface area contributed by atoms with Gasteiger partial charge in [0, 0.05) is 18.1 Å². The number of nitrogens with one attached hydrogen (secondary N) is 1. The summed E-state index contributed by atoms with van der Waals surface area (Å²) in [6.07, 6.45) is 3.04. The van der Waals surface area contributed by atoms with E-state index in [2.05, 4.69) is 15.3 Å². The van der Waals surface area contributed by atoms with E-state index in [1.807, 2.05) is 6.92 Å². The van der Waals surface area contributed by atoms with E-state index in [0.29, 0.717) is 29.1 Å².